The number of esters is 2. The molecule has 8 nitrogen and oxygen atoms in total. The van der Waals surface area contributed by atoms with Gasteiger partial charge in [-0.3, -0.25) is 9.98 Å². The van der Waals surface area contributed by atoms with Crippen molar-refractivity contribution in [1.82, 2.24) is 0 Å². The maximum atomic E-state index is 13.1. The summed E-state index contributed by atoms with van der Waals surface area (Å²) >= 11 is 6.40. The van der Waals surface area contributed by atoms with E-state index in [2.05, 4.69) is 23.8 Å². The number of ether oxygens (including phenoxy) is 4. The molecule has 0 amide bonds. The highest BCUT2D eigenvalue weighted by Crippen LogP contribution is 2.31. The molecular formula is C60H75ClN2O6. The van der Waals surface area contributed by atoms with E-state index in [-0.39, 0.29) is 16.5 Å². The maximum absolute atomic E-state index is 13.1. The first-order valence-electron chi connectivity index (χ1n) is 25.7. The van der Waals surface area contributed by atoms with Crippen LogP contribution in [0.2, 0.25) is 5.02 Å². The molecule has 0 spiro atoms. The van der Waals surface area contributed by atoms with Gasteiger partial charge in [-0.25, -0.2) is 9.59 Å². The summed E-state index contributed by atoms with van der Waals surface area (Å²) in [5, 5.41) is 0.197. The van der Waals surface area contributed by atoms with Gasteiger partial charge in [0.2, 0.25) is 0 Å². The topological polar surface area (TPSA) is 95.8 Å². The third-order valence-corrected chi connectivity index (χ3v) is 12.5. The van der Waals surface area contributed by atoms with Crippen LogP contribution in [0.25, 0.3) is 0 Å². The van der Waals surface area contributed by atoms with Crippen LogP contribution in [-0.2, 0) is 0 Å². The van der Waals surface area contributed by atoms with Crippen molar-refractivity contribution in [3.05, 3.63) is 142 Å². The monoisotopic (exact) mass is 955 g/mol. The Morgan fingerprint density at radius 1 is 0.449 bits per heavy atom. The van der Waals surface area contributed by atoms with Crippen LogP contribution in [0.4, 0.5) is 11.4 Å². The number of carbonyl (C=O) groups excluding carboxylic acids is 2. The van der Waals surface area contributed by atoms with Gasteiger partial charge in [-0.15, -0.1) is 0 Å². The van der Waals surface area contributed by atoms with Crippen molar-refractivity contribution in [2.45, 2.75) is 156 Å². The summed E-state index contributed by atoms with van der Waals surface area (Å²) in [6.07, 6.45) is 29.5. The van der Waals surface area contributed by atoms with Crippen LogP contribution in [-0.4, -0.2) is 37.6 Å². The minimum atomic E-state index is -0.607. The second-order valence-corrected chi connectivity index (χ2v) is 18.5. The molecule has 0 unspecified atom stereocenters. The minimum absolute atomic E-state index is 0.0689. The molecule has 5 rings (SSSR count). The third-order valence-electron chi connectivity index (χ3n) is 12.2. The molecule has 0 atom stereocenters. The van der Waals surface area contributed by atoms with E-state index in [4.69, 9.17) is 30.5 Å². The van der Waals surface area contributed by atoms with E-state index in [9.17, 15) is 9.59 Å². The van der Waals surface area contributed by atoms with E-state index < -0.39 is 11.9 Å². The van der Waals surface area contributed by atoms with Gasteiger partial charge < -0.3 is 18.9 Å². The first-order chi connectivity index (χ1) is 33.7. The number of hydrogen-bond donors (Lipinski definition) is 0. The molecule has 69 heavy (non-hydrogen) atoms. The minimum Gasteiger partial charge on any atom is -0.493 e. The van der Waals surface area contributed by atoms with Crippen LogP contribution in [0.15, 0.2) is 113 Å². The van der Waals surface area contributed by atoms with E-state index in [1.807, 2.05) is 50.2 Å². The summed E-state index contributed by atoms with van der Waals surface area (Å²) in [6, 6.07) is 30.2. The lowest BCUT2D eigenvalue weighted by Crippen LogP contribution is -2.10. The van der Waals surface area contributed by atoms with E-state index >= 15 is 0 Å². The summed E-state index contributed by atoms with van der Waals surface area (Å²) in [4.78, 5) is 35.5. The molecule has 0 fully saturated rings. The normalized spacial score (nSPS) is 11.4. The third kappa shape index (κ3) is 20.4. The highest BCUT2D eigenvalue weighted by Gasteiger charge is 2.15. The zero-order chi connectivity index (χ0) is 48.9. The van der Waals surface area contributed by atoms with E-state index in [1.54, 1.807) is 67.0 Å². The molecule has 9 heteroatoms. The number of rotatable bonds is 32. The molecule has 368 valence electrons. The van der Waals surface area contributed by atoms with Crippen molar-refractivity contribution >= 4 is 47.3 Å². The Bertz CT molecular complexity index is 2360. The summed E-state index contributed by atoms with van der Waals surface area (Å²) in [6.45, 7) is 10.0. The Hall–Kier alpha value is -5.73. The SMILES string of the molecule is CCCCCCCCCCCCOc1ccc(N=Cc2ccc(C(=O)Oc3ccc(Cl)c(OC(=O)c4ccc(C=Nc5ccc(OCCCCCCCCCCCC)c(C)c5)cc4)c3)cc2)cc1C. The number of halogens is 1. The van der Waals surface area contributed by atoms with E-state index in [1.165, 1.54) is 128 Å². The lowest BCUT2D eigenvalue weighted by molar-refractivity contribution is 0.0732. The van der Waals surface area contributed by atoms with E-state index in [0.717, 1.165) is 71.2 Å². The quantitative estimate of drug-likeness (QED) is 0.0184. The summed E-state index contributed by atoms with van der Waals surface area (Å²) in [7, 11) is 0. The van der Waals surface area contributed by atoms with Gasteiger partial charge in [-0.2, -0.15) is 0 Å². The van der Waals surface area contributed by atoms with Crippen molar-refractivity contribution < 1.29 is 28.5 Å². The maximum Gasteiger partial charge on any atom is 0.343 e. The Morgan fingerprint density at radius 2 is 0.841 bits per heavy atom. The molecule has 0 bridgehead atoms. The number of aliphatic imine (C=N–C) groups is 2. The predicted octanol–water partition coefficient (Wildman–Crippen LogP) is 17.5. The lowest BCUT2D eigenvalue weighted by Gasteiger charge is -2.10. The van der Waals surface area contributed by atoms with Gasteiger partial charge in [-0.1, -0.05) is 165 Å². The van der Waals surface area contributed by atoms with Crippen LogP contribution in [0, 0.1) is 13.8 Å². The van der Waals surface area contributed by atoms with Crippen molar-refractivity contribution in [3.63, 3.8) is 0 Å². The molecule has 5 aromatic carbocycles. The molecule has 0 aliphatic rings. The number of benzene rings is 5. The average Bonchev–Trinajstić information content (AvgIpc) is 3.36. The van der Waals surface area contributed by atoms with Crippen molar-refractivity contribution in [3.8, 4) is 23.0 Å². The van der Waals surface area contributed by atoms with Gasteiger partial charge in [0.25, 0.3) is 0 Å². The van der Waals surface area contributed by atoms with E-state index in [0.29, 0.717) is 11.1 Å². The zero-order valence-electron chi connectivity index (χ0n) is 41.7. The van der Waals surface area contributed by atoms with Gasteiger partial charge in [0, 0.05) is 18.5 Å². The number of nitrogens with zero attached hydrogens (tertiary/aromatic N) is 2. The van der Waals surface area contributed by atoms with Crippen LogP contribution < -0.4 is 18.9 Å². The average molecular weight is 956 g/mol. The second kappa shape index (κ2) is 31.4. The van der Waals surface area contributed by atoms with Crippen molar-refractivity contribution in [2.24, 2.45) is 9.98 Å². The fraction of sp³-hybridized carbons (Fsp3) is 0.433. The van der Waals surface area contributed by atoms with Crippen molar-refractivity contribution in [2.75, 3.05) is 13.2 Å². The molecule has 0 saturated heterocycles. The van der Waals surface area contributed by atoms with Gasteiger partial charge in [0.15, 0.2) is 5.75 Å². The number of hydrogen-bond acceptors (Lipinski definition) is 8. The number of carbonyl (C=O) groups is 2. The van der Waals surface area contributed by atoms with Gasteiger partial charge in [0.1, 0.15) is 17.2 Å². The highest BCUT2D eigenvalue weighted by atomic mass is 35.5. The fourth-order valence-electron chi connectivity index (χ4n) is 7.95. The van der Waals surface area contributed by atoms with Crippen LogP contribution in [0.5, 0.6) is 23.0 Å². The summed E-state index contributed by atoms with van der Waals surface area (Å²) < 4.78 is 23.4. The molecule has 0 aliphatic heterocycles. The Balaban J connectivity index is 1.02. The number of unbranched alkanes of at least 4 members (excludes halogenated alkanes) is 18. The Morgan fingerprint density at radius 3 is 1.25 bits per heavy atom. The zero-order valence-corrected chi connectivity index (χ0v) is 42.5. The second-order valence-electron chi connectivity index (χ2n) is 18.1. The molecular weight excluding hydrogens is 880 g/mol. The standard InChI is InChI=1S/C60H75ClN2O6/c1-5-7-9-11-13-15-17-19-21-23-39-66-56-37-33-52(41-46(56)3)62-44-48-25-29-50(30-26-48)59(64)68-54-35-36-55(61)58(43-54)69-60(65)51-31-27-49(28-32-51)45-63-53-34-38-57(47(4)42-53)67-40-24-22-20-18-16-14-12-10-8-6-2/h25-38,41-45H,5-24,39-40H2,1-4H3. The largest absolute Gasteiger partial charge is 0.493 e. The molecule has 0 radical (unpaired) electrons. The highest BCUT2D eigenvalue weighted by molar-refractivity contribution is 6.32. The van der Waals surface area contributed by atoms with Gasteiger partial charge in [-0.05, 0) is 122 Å². The number of aryl methyl sites for hydroxylation is 2. The van der Waals surface area contributed by atoms with Gasteiger partial charge in [0.05, 0.1) is 40.7 Å². The van der Waals surface area contributed by atoms with Crippen molar-refractivity contribution in [1.29, 1.82) is 0 Å². The van der Waals surface area contributed by atoms with Crippen LogP contribution in [0.1, 0.15) is 185 Å². The van der Waals surface area contributed by atoms with Crippen LogP contribution in [0.3, 0.4) is 0 Å². The first kappa shape index (κ1) is 54.2. The van der Waals surface area contributed by atoms with Gasteiger partial charge >= 0.3 is 11.9 Å². The predicted molar refractivity (Wildman–Crippen MR) is 286 cm³/mol. The smallest absolute Gasteiger partial charge is 0.343 e. The molecule has 5 aromatic rings. The lowest BCUT2D eigenvalue weighted by atomic mass is 10.1. The fourth-order valence-corrected chi connectivity index (χ4v) is 8.11. The Kier molecular flexibility index (Phi) is 24.7. The molecule has 0 aliphatic carbocycles. The Labute approximate surface area is 417 Å². The molecule has 0 saturated carbocycles. The first-order valence-corrected chi connectivity index (χ1v) is 26.1. The molecule has 0 N–H and O–H groups in total. The van der Waals surface area contributed by atoms with Crippen LogP contribution >= 0.6 is 11.6 Å². The molecule has 0 heterocycles. The molecule has 0 aromatic heterocycles. The summed E-state index contributed by atoms with van der Waals surface area (Å²) in [5.41, 5.74) is 6.02. The summed E-state index contributed by atoms with van der Waals surface area (Å²) in [5.74, 6) is 0.845.